The summed E-state index contributed by atoms with van der Waals surface area (Å²) in [7, 11) is 0. The Morgan fingerprint density at radius 3 is 2.22 bits per heavy atom. The van der Waals surface area contributed by atoms with Gasteiger partial charge >= 0.3 is 5.97 Å². The highest BCUT2D eigenvalue weighted by Crippen LogP contribution is 2.21. The molecule has 0 saturated carbocycles. The van der Waals surface area contributed by atoms with Crippen molar-refractivity contribution in [1.29, 1.82) is 0 Å². The smallest absolute Gasteiger partial charge is 0.303 e. The molecule has 23 heavy (non-hydrogen) atoms. The molecule has 0 radical (unpaired) electrons. The zero-order valence-electron chi connectivity index (χ0n) is 14.7. The Bertz CT molecular complexity index is 297. The van der Waals surface area contributed by atoms with E-state index in [4.69, 9.17) is 14.6 Å². The Hall–Kier alpha value is -0.690. The first kappa shape index (κ1) is 22.3. The van der Waals surface area contributed by atoms with Crippen molar-refractivity contribution >= 4 is 5.97 Å². The van der Waals surface area contributed by atoms with Gasteiger partial charge in [-0.15, -0.1) is 0 Å². The normalized spacial score (nSPS) is 27.2. The summed E-state index contributed by atoms with van der Waals surface area (Å²) in [4.78, 5) is 10.3. The third-order valence-corrected chi connectivity index (χ3v) is 3.75. The van der Waals surface area contributed by atoms with Crippen molar-refractivity contribution in [3.05, 3.63) is 0 Å². The standard InChI is InChI=1S/C15H28O6.C2H6/c1-11-12(16)10-13(17)15(21-11)20-9-7-5-3-2-4-6-8-14(18)19;1-2/h11-13,15-17H,2-10H2,1H3,(H,18,19);1-2H3. The fourth-order valence-corrected chi connectivity index (χ4v) is 2.38. The molecule has 0 aromatic rings. The molecular formula is C17H34O6. The lowest BCUT2D eigenvalue weighted by molar-refractivity contribution is -0.261. The van der Waals surface area contributed by atoms with E-state index in [1.54, 1.807) is 6.92 Å². The Morgan fingerprint density at radius 1 is 1.04 bits per heavy atom. The number of unbranched alkanes of at least 4 members (excludes halogenated alkanes) is 5. The maximum absolute atomic E-state index is 10.3. The number of rotatable bonds is 10. The molecule has 1 aliphatic rings. The summed E-state index contributed by atoms with van der Waals surface area (Å²) in [5.41, 5.74) is 0. The third kappa shape index (κ3) is 10.7. The second-order valence-corrected chi connectivity index (χ2v) is 5.72. The molecular weight excluding hydrogens is 300 g/mol. The number of carboxylic acid groups (broad SMARTS) is 1. The average Bonchev–Trinajstić information content (AvgIpc) is 2.52. The van der Waals surface area contributed by atoms with E-state index in [2.05, 4.69) is 0 Å². The van der Waals surface area contributed by atoms with Crippen LogP contribution in [0, 0.1) is 0 Å². The minimum atomic E-state index is -0.771. The van der Waals surface area contributed by atoms with Crippen LogP contribution in [0.15, 0.2) is 0 Å². The molecule has 3 N–H and O–H groups in total. The van der Waals surface area contributed by atoms with Crippen LogP contribution >= 0.6 is 0 Å². The molecule has 6 heteroatoms. The minimum Gasteiger partial charge on any atom is -0.481 e. The number of hydrogen-bond acceptors (Lipinski definition) is 5. The van der Waals surface area contributed by atoms with Crippen molar-refractivity contribution in [3.8, 4) is 0 Å². The van der Waals surface area contributed by atoms with E-state index in [-0.39, 0.29) is 18.9 Å². The summed E-state index contributed by atoms with van der Waals surface area (Å²) in [6.07, 6.45) is 3.90. The van der Waals surface area contributed by atoms with Gasteiger partial charge in [-0.1, -0.05) is 39.5 Å². The molecule has 0 amide bonds. The van der Waals surface area contributed by atoms with Crippen LogP contribution in [0.2, 0.25) is 0 Å². The quantitative estimate of drug-likeness (QED) is 0.532. The summed E-state index contributed by atoms with van der Waals surface area (Å²) < 4.78 is 10.9. The number of carboxylic acids is 1. The molecule has 0 aliphatic carbocycles. The van der Waals surface area contributed by atoms with Gasteiger partial charge in [-0.05, 0) is 19.8 Å². The molecule has 138 valence electrons. The Labute approximate surface area is 139 Å². The molecule has 0 aromatic heterocycles. The second kappa shape index (κ2) is 13.7. The van der Waals surface area contributed by atoms with Crippen molar-refractivity contribution in [2.75, 3.05) is 6.61 Å². The molecule has 1 saturated heterocycles. The van der Waals surface area contributed by atoms with Crippen molar-refractivity contribution < 1.29 is 29.6 Å². The van der Waals surface area contributed by atoms with Gasteiger partial charge in [-0.2, -0.15) is 0 Å². The molecule has 4 atom stereocenters. The summed E-state index contributed by atoms with van der Waals surface area (Å²) >= 11 is 0. The fraction of sp³-hybridized carbons (Fsp3) is 0.941. The molecule has 1 rings (SSSR count). The molecule has 1 fully saturated rings. The zero-order valence-corrected chi connectivity index (χ0v) is 14.7. The lowest BCUT2D eigenvalue weighted by Crippen LogP contribution is -2.47. The largest absolute Gasteiger partial charge is 0.481 e. The van der Waals surface area contributed by atoms with Crippen LogP contribution in [-0.4, -0.2) is 52.5 Å². The van der Waals surface area contributed by atoms with Crippen molar-refractivity contribution in [3.63, 3.8) is 0 Å². The van der Waals surface area contributed by atoms with Crippen LogP contribution in [0.25, 0.3) is 0 Å². The van der Waals surface area contributed by atoms with Gasteiger partial charge in [0.2, 0.25) is 0 Å². The summed E-state index contributed by atoms with van der Waals surface area (Å²) in [6.45, 7) is 6.30. The summed E-state index contributed by atoms with van der Waals surface area (Å²) in [5, 5.41) is 27.8. The molecule has 0 spiro atoms. The number of hydrogen-bond donors (Lipinski definition) is 3. The SMILES string of the molecule is CC.CC1OC(OCCCCCCCCC(=O)O)C(O)CC1O. The van der Waals surface area contributed by atoms with Crippen LogP contribution in [-0.2, 0) is 14.3 Å². The van der Waals surface area contributed by atoms with Gasteiger partial charge in [0, 0.05) is 19.4 Å². The van der Waals surface area contributed by atoms with E-state index in [0.29, 0.717) is 6.61 Å². The predicted molar refractivity (Wildman–Crippen MR) is 88.2 cm³/mol. The molecule has 1 heterocycles. The molecule has 1 aliphatic heterocycles. The predicted octanol–water partition coefficient (Wildman–Crippen LogP) is 2.70. The average molecular weight is 334 g/mol. The maximum Gasteiger partial charge on any atom is 0.303 e. The third-order valence-electron chi connectivity index (χ3n) is 3.75. The number of aliphatic hydroxyl groups is 2. The van der Waals surface area contributed by atoms with Crippen LogP contribution in [0.3, 0.4) is 0 Å². The van der Waals surface area contributed by atoms with E-state index in [1.807, 2.05) is 13.8 Å². The highest BCUT2D eigenvalue weighted by Gasteiger charge is 2.34. The molecule has 0 bridgehead atoms. The van der Waals surface area contributed by atoms with Gasteiger partial charge in [0.15, 0.2) is 6.29 Å². The van der Waals surface area contributed by atoms with E-state index in [1.165, 1.54) is 0 Å². The highest BCUT2D eigenvalue weighted by atomic mass is 16.7. The number of ether oxygens (including phenoxy) is 2. The Kier molecular flexibility index (Phi) is 13.3. The summed E-state index contributed by atoms with van der Waals surface area (Å²) in [6, 6.07) is 0. The first-order valence-corrected chi connectivity index (χ1v) is 8.85. The van der Waals surface area contributed by atoms with Crippen LogP contribution < -0.4 is 0 Å². The van der Waals surface area contributed by atoms with Crippen molar-refractivity contribution in [2.24, 2.45) is 0 Å². The monoisotopic (exact) mass is 334 g/mol. The van der Waals surface area contributed by atoms with Gasteiger partial charge in [-0.3, -0.25) is 4.79 Å². The zero-order chi connectivity index (χ0) is 17.7. The van der Waals surface area contributed by atoms with E-state index < -0.39 is 24.5 Å². The summed E-state index contributed by atoms with van der Waals surface area (Å²) in [5.74, 6) is -0.728. The van der Waals surface area contributed by atoms with Gasteiger partial charge in [0.05, 0.1) is 12.2 Å². The first-order valence-electron chi connectivity index (χ1n) is 8.85. The van der Waals surface area contributed by atoms with Gasteiger partial charge in [0.25, 0.3) is 0 Å². The first-order chi connectivity index (χ1) is 11.0. The molecule has 0 aromatic carbocycles. The lowest BCUT2D eigenvalue weighted by Gasteiger charge is -2.35. The second-order valence-electron chi connectivity index (χ2n) is 5.72. The van der Waals surface area contributed by atoms with Crippen LogP contribution in [0.1, 0.15) is 72.1 Å². The maximum atomic E-state index is 10.3. The number of aliphatic hydroxyl groups excluding tert-OH is 2. The molecule has 6 nitrogen and oxygen atoms in total. The van der Waals surface area contributed by atoms with Crippen molar-refractivity contribution in [1.82, 2.24) is 0 Å². The van der Waals surface area contributed by atoms with Crippen LogP contribution in [0.5, 0.6) is 0 Å². The van der Waals surface area contributed by atoms with Gasteiger partial charge < -0.3 is 24.8 Å². The minimum absolute atomic E-state index is 0.254. The van der Waals surface area contributed by atoms with Gasteiger partial charge in [0.1, 0.15) is 6.10 Å². The Morgan fingerprint density at radius 2 is 1.61 bits per heavy atom. The topological polar surface area (TPSA) is 96.2 Å². The number of aliphatic carboxylic acids is 1. The van der Waals surface area contributed by atoms with E-state index in [9.17, 15) is 15.0 Å². The van der Waals surface area contributed by atoms with Crippen LogP contribution in [0.4, 0.5) is 0 Å². The Balaban J connectivity index is 0.00000232. The van der Waals surface area contributed by atoms with E-state index in [0.717, 1.165) is 38.5 Å². The lowest BCUT2D eigenvalue weighted by atomic mass is 10.0. The molecule has 4 unspecified atom stereocenters. The van der Waals surface area contributed by atoms with Crippen molar-refractivity contribution in [2.45, 2.75) is 96.7 Å². The van der Waals surface area contributed by atoms with Gasteiger partial charge in [-0.25, -0.2) is 0 Å². The highest BCUT2D eigenvalue weighted by molar-refractivity contribution is 5.66. The fourth-order valence-electron chi connectivity index (χ4n) is 2.38. The number of carbonyl (C=O) groups is 1. The van der Waals surface area contributed by atoms with E-state index >= 15 is 0 Å².